The first kappa shape index (κ1) is 18.6. The number of nitrogens with one attached hydrogen (secondary N) is 2. The molecule has 1 atom stereocenters. The number of carbonyl (C=O) groups excluding carboxylic acids is 3. The summed E-state index contributed by atoms with van der Waals surface area (Å²) in [6, 6.07) is 16.3. The Bertz CT molecular complexity index is 866. The predicted molar refractivity (Wildman–Crippen MR) is 102 cm³/mol. The van der Waals surface area contributed by atoms with Gasteiger partial charge in [-0.25, -0.2) is 4.79 Å². The van der Waals surface area contributed by atoms with Crippen LogP contribution in [0.2, 0.25) is 0 Å². The van der Waals surface area contributed by atoms with E-state index in [1.165, 1.54) is 0 Å². The fraction of sp³-hybridized carbons (Fsp3) is 0.286. The maximum absolute atomic E-state index is 13.0. The van der Waals surface area contributed by atoms with E-state index < -0.39 is 17.5 Å². The monoisotopic (exact) mass is 365 g/mol. The van der Waals surface area contributed by atoms with Crippen molar-refractivity contribution in [2.45, 2.75) is 32.4 Å². The highest BCUT2D eigenvalue weighted by Gasteiger charge is 2.51. The van der Waals surface area contributed by atoms with Gasteiger partial charge in [-0.05, 0) is 30.0 Å². The minimum atomic E-state index is -1.12. The largest absolute Gasteiger partial charge is 0.350 e. The van der Waals surface area contributed by atoms with Crippen LogP contribution in [0.4, 0.5) is 4.79 Å². The quantitative estimate of drug-likeness (QED) is 0.772. The molecule has 1 saturated heterocycles. The summed E-state index contributed by atoms with van der Waals surface area (Å²) in [7, 11) is 0. The molecule has 0 saturated carbocycles. The Kier molecular flexibility index (Phi) is 5.26. The lowest BCUT2D eigenvalue weighted by Crippen LogP contribution is -2.44. The first-order chi connectivity index (χ1) is 13.0. The number of rotatable bonds is 6. The van der Waals surface area contributed by atoms with Gasteiger partial charge in [-0.3, -0.25) is 14.5 Å². The van der Waals surface area contributed by atoms with E-state index in [4.69, 9.17) is 0 Å². The van der Waals surface area contributed by atoms with Crippen LogP contribution in [0.25, 0.3) is 0 Å². The average Bonchev–Trinajstić information content (AvgIpc) is 2.93. The van der Waals surface area contributed by atoms with Crippen LogP contribution in [0.1, 0.15) is 30.0 Å². The van der Waals surface area contributed by atoms with E-state index in [1.54, 1.807) is 0 Å². The van der Waals surface area contributed by atoms with Crippen LogP contribution in [0.5, 0.6) is 0 Å². The van der Waals surface area contributed by atoms with Crippen molar-refractivity contribution in [2.75, 3.05) is 6.54 Å². The lowest BCUT2D eigenvalue weighted by molar-refractivity contribution is -0.135. The zero-order valence-electron chi connectivity index (χ0n) is 15.5. The van der Waals surface area contributed by atoms with Crippen LogP contribution in [-0.2, 0) is 21.7 Å². The molecule has 6 heteroatoms. The molecule has 0 unspecified atom stereocenters. The maximum atomic E-state index is 13.0. The van der Waals surface area contributed by atoms with E-state index in [0.717, 1.165) is 16.0 Å². The molecule has 0 spiro atoms. The van der Waals surface area contributed by atoms with Crippen molar-refractivity contribution in [3.63, 3.8) is 0 Å². The van der Waals surface area contributed by atoms with Crippen LogP contribution in [0, 0.1) is 6.92 Å². The average molecular weight is 365 g/mol. The lowest BCUT2D eigenvalue weighted by Gasteiger charge is -2.25. The second-order valence-corrected chi connectivity index (χ2v) is 6.65. The minimum absolute atomic E-state index is 0.300. The Labute approximate surface area is 158 Å². The van der Waals surface area contributed by atoms with Gasteiger partial charge in [0.1, 0.15) is 12.1 Å². The zero-order valence-corrected chi connectivity index (χ0v) is 15.5. The molecule has 140 valence electrons. The van der Waals surface area contributed by atoms with Gasteiger partial charge in [0.2, 0.25) is 5.91 Å². The van der Waals surface area contributed by atoms with Gasteiger partial charge in [0.25, 0.3) is 5.91 Å². The third-order valence-corrected chi connectivity index (χ3v) is 5.01. The second kappa shape index (κ2) is 7.61. The van der Waals surface area contributed by atoms with Crippen LogP contribution < -0.4 is 10.6 Å². The van der Waals surface area contributed by atoms with E-state index in [9.17, 15) is 14.4 Å². The Morgan fingerprint density at radius 3 is 2.41 bits per heavy atom. The Balaban J connectivity index is 1.70. The molecule has 1 fully saturated rings. The van der Waals surface area contributed by atoms with Crippen LogP contribution in [0.15, 0.2) is 54.6 Å². The molecule has 2 N–H and O–H groups in total. The van der Waals surface area contributed by atoms with Gasteiger partial charge >= 0.3 is 6.03 Å². The third kappa shape index (κ3) is 3.56. The molecule has 2 aromatic carbocycles. The molecule has 3 rings (SSSR count). The number of carbonyl (C=O) groups is 3. The molecule has 27 heavy (non-hydrogen) atoms. The molecule has 1 heterocycles. The summed E-state index contributed by atoms with van der Waals surface area (Å²) in [6.45, 7) is 3.86. The second-order valence-electron chi connectivity index (χ2n) is 6.65. The summed E-state index contributed by atoms with van der Waals surface area (Å²) in [5.74, 6) is -0.769. The zero-order chi connectivity index (χ0) is 19.4. The first-order valence-corrected chi connectivity index (χ1v) is 8.99. The first-order valence-electron chi connectivity index (χ1n) is 8.99. The van der Waals surface area contributed by atoms with Gasteiger partial charge in [-0.15, -0.1) is 0 Å². The van der Waals surface area contributed by atoms with Crippen LogP contribution >= 0.6 is 0 Å². The Morgan fingerprint density at radius 2 is 1.74 bits per heavy atom. The Hall–Kier alpha value is -3.15. The van der Waals surface area contributed by atoms with Crippen molar-refractivity contribution in [2.24, 2.45) is 0 Å². The number of urea groups is 1. The topological polar surface area (TPSA) is 78.5 Å². The predicted octanol–water partition coefficient (Wildman–Crippen LogP) is 2.47. The van der Waals surface area contributed by atoms with Gasteiger partial charge in [0, 0.05) is 6.54 Å². The number of hydrogen-bond donors (Lipinski definition) is 2. The number of hydrogen-bond acceptors (Lipinski definition) is 3. The molecular formula is C21H23N3O3. The highest BCUT2D eigenvalue weighted by atomic mass is 16.2. The van der Waals surface area contributed by atoms with E-state index in [-0.39, 0.29) is 12.5 Å². The molecule has 6 nitrogen and oxygen atoms in total. The van der Waals surface area contributed by atoms with Crippen molar-refractivity contribution in [3.05, 3.63) is 71.3 Å². The van der Waals surface area contributed by atoms with Gasteiger partial charge in [-0.2, -0.15) is 0 Å². The van der Waals surface area contributed by atoms with Crippen LogP contribution in [-0.4, -0.2) is 29.3 Å². The molecule has 1 aliphatic heterocycles. The summed E-state index contributed by atoms with van der Waals surface area (Å²) in [6.07, 6.45) is 0.406. The molecule has 0 aromatic heterocycles. The minimum Gasteiger partial charge on any atom is -0.350 e. The van der Waals surface area contributed by atoms with E-state index in [1.807, 2.05) is 68.4 Å². The summed E-state index contributed by atoms with van der Waals surface area (Å²) >= 11 is 0. The van der Waals surface area contributed by atoms with Crippen molar-refractivity contribution < 1.29 is 14.4 Å². The number of benzene rings is 2. The van der Waals surface area contributed by atoms with E-state index in [0.29, 0.717) is 18.5 Å². The molecule has 1 aliphatic rings. The van der Waals surface area contributed by atoms with Crippen molar-refractivity contribution in [1.82, 2.24) is 15.5 Å². The fourth-order valence-electron chi connectivity index (χ4n) is 3.33. The smallest absolute Gasteiger partial charge is 0.325 e. The molecule has 4 amide bonds. The van der Waals surface area contributed by atoms with E-state index in [2.05, 4.69) is 10.6 Å². The van der Waals surface area contributed by atoms with Gasteiger partial charge < -0.3 is 10.6 Å². The summed E-state index contributed by atoms with van der Waals surface area (Å²) in [5.41, 5.74) is 1.67. The SMILES string of the molecule is CC[C@]1(c2ccccc2)NC(=O)N(CC(=O)NCc2ccccc2C)C1=O. The summed E-state index contributed by atoms with van der Waals surface area (Å²) in [5, 5.41) is 5.56. The molecule has 0 aliphatic carbocycles. The van der Waals surface area contributed by atoms with Gasteiger partial charge in [0.15, 0.2) is 0 Å². The standard InChI is InChI=1S/C21H23N3O3/c1-3-21(17-11-5-4-6-12-17)19(26)24(20(27)23-21)14-18(25)22-13-16-10-8-7-9-15(16)2/h4-12H,3,13-14H2,1-2H3,(H,22,25)(H,23,27)/t21-/m1/s1. The third-order valence-electron chi connectivity index (χ3n) is 5.01. The highest BCUT2D eigenvalue weighted by molar-refractivity contribution is 6.09. The van der Waals surface area contributed by atoms with Crippen molar-refractivity contribution in [3.8, 4) is 0 Å². The Morgan fingerprint density at radius 1 is 1.07 bits per heavy atom. The number of imide groups is 1. The number of nitrogens with zero attached hydrogens (tertiary/aromatic N) is 1. The maximum Gasteiger partial charge on any atom is 0.325 e. The number of aryl methyl sites for hydroxylation is 1. The van der Waals surface area contributed by atoms with Crippen molar-refractivity contribution in [1.29, 1.82) is 0 Å². The highest BCUT2D eigenvalue weighted by Crippen LogP contribution is 2.32. The fourth-order valence-corrected chi connectivity index (χ4v) is 3.33. The molecule has 0 bridgehead atoms. The molecular weight excluding hydrogens is 342 g/mol. The normalized spacial score (nSPS) is 19.1. The van der Waals surface area contributed by atoms with E-state index >= 15 is 0 Å². The molecule has 2 aromatic rings. The summed E-state index contributed by atoms with van der Waals surface area (Å²) in [4.78, 5) is 38.7. The van der Waals surface area contributed by atoms with Crippen LogP contribution in [0.3, 0.4) is 0 Å². The number of amides is 4. The lowest BCUT2D eigenvalue weighted by atomic mass is 9.87. The molecule has 0 radical (unpaired) electrons. The van der Waals surface area contributed by atoms with Gasteiger partial charge in [-0.1, -0.05) is 61.5 Å². The van der Waals surface area contributed by atoms with Crippen molar-refractivity contribution >= 4 is 17.8 Å². The summed E-state index contributed by atoms with van der Waals surface area (Å²) < 4.78 is 0. The van der Waals surface area contributed by atoms with Gasteiger partial charge in [0.05, 0.1) is 0 Å².